The second-order valence-corrected chi connectivity index (χ2v) is 9.58. The van der Waals surface area contributed by atoms with Crippen molar-refractivity contribution in [3.63, 3.8) is 0 Å². The van der Waals surface area contributed by atoms with Crippen LogP contribution in [-0.2, 0) is 15.9 Å². The van der Waals surface area contributed by atoms with Crippen molar-refractivity contribution in [1.29, 1.82) is 0 Å². The number of anilines is 1. The summed E-state index contributed by atoms with van der Waals surface area (Å²) in [5.41, 5.74) is 2.57. The van der Waals surface area contributed by atoms with Crippen LogP contribution in [0.1, 0.15) is 43.9 Å². The smallest absolute Gasteiger partial charge is 0.204 e. The Bertz CT molecular complexity index is 1030. The van der Waals surface area contributed by atoms with Gasteiger partial charge >= 0.3 is 0 Å². The van der Waals surface area contributed by atoms with Gasteiger partial charge in [-0.3, -0.25) is 10.3 Å². The monoisotopic (exact) mass is 428 g/mol. The normalized spacial score (nSPS) is 33.6. The molecular formula is C23H29FN4O3. The summed E-state index contributed by atoms with van der Waals surface area (Å²) in [7, 11) is 0. The van der Waals surface area contributed by atoms with Crippen molar-refractivity contribution in [3.05, 3.63) is 23.1 Å². The molecule has 4 atom stereocenters. The van der Waals surface area contributed by atoms with Gasteiger partial charge in [0.25, 0.3) is 0 Å². The molecular weight excluding hydrogens is 399 g/mol. The molecule has 166 valence electrons. The lowest BCUT2D eigenvalue weighted by molar-refractivity contribution is -0.0522. The highest BCUT2D eigenvalue weighted by Gasteiger charge is 2.52. The molecule has 1 unspecified atom stereocenters. The van der Waals surface area contributed by atoms with Crippen molar-refractivity contribution in [2.75, 3.05) is 37.9 Å². The molecule has 0 bridgehead atoms. The zero-order valence-electron chi connectivity index (χ0n) is 18.1. The Morgan fingerprint density at radius 2 is 2.10 bits per heavy atom. The minimum absolute atomic E-state index is 0.0117. The molecule has 6 rings (SSSR count). The fraction of sp³-hybridized carbons (Fsp3) is 0.652. The molecule has 8 heteroatoms. The number of halogens is 1. The summed E-state index contributed by atoms with van der Waals surface area (Å²) in [6.45, 7) is 7.63. The molecule has 4 aliphatic heterocycles. The Kier molecular flexibility index (Phi) is 4.59. The van der Waals surface area contributed by atoms with Crippen LogP contribution in [0.25, 0.3) is 11.0 Å². The Hall–Kier alpha value is -2.03. The van der Waals surface area contributed by atoms with Gasteiger partial charge in [0.15, 0.2) is 5.82 Å². The van der Waals surface area contributed by atoms with E-state index in [1.807, 2.05) is 0 Å². The predicted molar refractivity (Wildman–Crippen MR) is 115 cm³/mol. The molecule has 2 saturated heterocycles. The van der Waals surface area contributed by atoms with E-state index in [1.54, 1.807) is 0 Å². The Balaban J connectivity index is 1.53. The Labute approximate surface area is 180 Å². The van der Waals surface area contributed by atoms with Gasteiger partial charge in [-0.05, 0) is 44.7 Å². The molecule has 2 aromatic rings. The van der Waals surface area contributed by atoms with Crippen molar-refractivity contribution in [2.45, 2.75) is 57.3 Å². The van der Waals surface area contributed by atoms with Crippen LogP contribution in [0.3, 0.4) is 0 Å². The highest BCUT2D eigenvalue weighted by atomic mass is 19.1. The zero-order valence-corrected chi connectivity index (χ0v) is 18.1. The van der Waals surface area contributed by atoms with Crippen LogP contribution in [0.15, 0.2) is 15.6 Å². The van der Waals surface area contributed by atoms with E-state index >= 15 is 4.39 Å². The first-order chi connectivity index (χ1) is 15.1. The third-order valence-electron chi connectivity index (χ3n) is 7.48. The van der Waals surface area contributed by atoms with E-state index < -0.39 is 0 Å². The third-order valence-corrected chi connectivity index (χ3v) is 7.48. The van der Waals surface area contributed by atoms with Crippen LogP contribution in [0, 0.1) is 11.2 Å². The van der Waals surface area contributed by atoms with Gasteiger partial charge in [0, 0.05) is 49.2 Å². The SMILES string of the molecule is C[C@H]1CN2c3c(cc4c(C5CCOCC5)noc4c3F)CC3(C=NCNC3)[C@@H]2[C@@H](C)O1. The molecule has 0 saturated carbocycles. The Morgan fingerprint density at radius 1 is 1.26 bits per heavy atom. The van der Waals surface area contributed by atoms with Crippen LogP contribution in [0.4, 0.5) is 10.1 Å². The Morgan fingerprint density at radius 3 is 2.87 bits per heavy atom. The summed E-state index contributed by atoms with van der Waals surface area (Å²) < 4.78 is 33.3. The number of aliphatic imine (C=N–C) groups is 1. The quantitative estimate of drug-likeness (QED) is 0.753. The van der Waals surface area contributed by atoms with Gasteiger partial charge in [-0.1, -0.05) is 5.16 Å². The van der Waals surface area contributed by atoms with E-state index in [2.05, 4.69) is 46.5 Å². The molecule has 1 aromatic carbocycles. The van der Waals surface area contributed by atoms with Gasteiger partial charge in [-0.15, -0.1) is 0 Å². The van der Waals surface area contributed by atoms with E-state index in [4.69, 9.17) is 14.0 Å². The highest BCUT2D eigenvalue weighted by Crippen LogP contribution is 2.48. The summed E-state index contributed by atoms with van der Waals surface area (Å²) in [5, 5.41) is 8.58. The minimum atomic E-state index is -0.292. The minimum Gasteiger partial charge on any atom is -0.381 e. The summed E-state index contributed by atoms with van der Waals surface area (Å²) in [6, 6.07) is 2.14. The maximum atomic E-state index is 16.0. The molecule has 1 aromatic heterocycles. The first-order valence-electron chi connectivity index (χ1n) is 11.4. The van der Waals surface area contributed by atoms with E-state index in [0.717, 1.165) is 36.0 Å². The molecule has 0 aliphatic carbocycles. The van der Waals surface area contributed by atoms with Crippen molar-refractivity contribution in [2.24, 2.45) is 10.4 Å². The van der Waals surface area contributed by atoms with Crippen molar-refractivity contribution in [1.82, 2.24) is 10.5 Å². The van der Waals surface area contributed by atoms with Gasteiger partial charge in [-0.25, -0.2) is 4.39 Å². The number of nitrogens with one attached hydrogen (secondary N) is 1. The van der Waals surface area contributed by atoms with Crippen molar-refractivity contribution >= 4 is 22.9 Å². The summed E-state index contributed by atoms with van der Waals surface area (Å²) >= 11 is 0. The number of aromatic nitrogens is 1. The topological polar surface area (TPSA) is 72.1 Å². The van der Waals surface area contributed by atoms with E-state index in [9.17, 15) is 0 Å². The first-order valence-corrected chi connectivity index (χ1v) is 11.4. The van der Waals surface area contributed by atoms with Crippen LogP contribution < -0.4 is 10.2 Å². The number of ether oxygens (including phenoxy) is 2. The zero-order chi connectivity index (χ0) is 21.2. The number of hydrogen-bond acceptors (Lipinski definition) is 7. The van der Waals surface area contributed by atoms with Crippen LogP contribution in [0.2, 0.25) is 0 Å². The number of nitrogens with zero attached hydrogens (tertiary/aromatic N) is 3. The number of morpholine rings is 1. The summed E-state index contributed by atoms with van der Waals surface area (Å²) in [6.07, 6.45) is 4.57. The van der Waals surface area contributed by atoms with Gasteiger partial charge < -0.3 is 18.9 Å². The third kappa shape index (κ3) is 2.95. The summed E-state index contributed by atoms with van der Waals surface area (Å²) in [4.78, 5) is 6.79. The summed E-state index contributed by atoms with van der Waals surface area (Å²) in [5.74, 6) is -0.0424. The molecule has 5 heterocycles. The second-order valence-electron chi connectivity index (χ2n) is 9.58. The fourth-order valence-corrected chi connectivity index (χ4v) is 6.32. The molecule has 31 heavy (non-hydrogen) atoms. The fourth-order valence-electron chi connectivity index (χ4n) is 6.32. The number of rotatable bonds is 1. The van der Waals surface area contributed by atoms with Crippen LogP contribution in [-0.4, -0.2) is 62.6 Å². The van der Waals surface area contributed by atoms with Gasteiger partial charge in [-0.2, -0.15) is 0 Å². The van der Waals surface area contributed by atoms with Gasteiger partial charge in [0.1, 0.15) is 0 Å². The lowest BCUT2D eigenvalue weighted by atomic mass is 9.68. The van der Waals surface area contributed by atoms with E-state index in [1.165, 1.54) is 0 Å². The van der Waals surface area contributed by atoms with E-state index in [-0.39, 0.29) is 41.0 Å². The molecule has 2 fully saturated rings. The largest absolute Gasteiger partial charge is 0.381 e. The number of fused-ring (bicyclic) bond motifs is 5. The standard InChI is InChI=1S/C23H29FN4O3/c1-13-9-28-20-16(8-23(10-25-12-26-11-23)22(28)14(2)30-13)7-17-19(15-3-5-29-6-4-15)27-31-21(17)18(20)24/h7,10,13-15,22,26H,3-6,8-9,11-12H2,1-2H3/t13-,14+,22-,23?/m0/s1. The lowest BCUT2D eigenvalue weighted by Crippen LogP contribution is -2.67. The maximum Gasteiger partial charge on any atom is 0.204 e. The van der Waals surface area contributed by atoms with Gasteiger partial charge in [0.2, 0.25) is 5.58 Å². The maximum absolute atomic E-state index is 16.0. The van der Waals surface area contributed by atoms with Gasteiger partial charge in [0.05, 0.1) is 36.3 Å². The first kappa shape index (κ1) is 19.6. The average molecular weight is 429 g/mol. The predicted octanol–water partition coefficient (Wildman–Crippen LogP) is 3.02. The molecule has 0 radical (unpaired) electrons. The van der Waals surface area contributed by atoms with Crippen LogP contribution in [0.5, 0.6) is 0 Å². The number of hydrogen-bond donors (Lipinski definition) is 1. The highest BCUT2D eigenvalue weighted by molar-refractivity contribution is 5.88. The van der Waals surface area contributed by atoms with E-state index in [0.29, 0.717) is 38.5 Å². The van der Waals surface area contributed by atoms with Crippen molar-refractivity contribution in [3.8, 4) is 0 Å². The average Bonchev–Trinajstić information content (AvgIpc) is 3.18. The second kappa shape index (κ2) is 7.25. The molecule has 1 N–H and O–H groups in total. The van der Waals surface area contributed by atoms with Crippen LogP contribution >= 0.6 is 0 Å². The van der Waals surface area contributed by atoms with Crippen molar-refractivity contribution < 1.29 is 18.4 Å². The molecule has 4 aliphatic rings. The molecule has 0 amide bonds. The lowest BCUT2D eigenvalue weighted by Gasteiger charge is -2.56. The molecule has 7 nitrogen and oxygen atoms in total. The molecule has 1 spiro atoms. The number of benzene rings is 1.